The smallest absolute Gasteiger partial charge is 0.355 e. The zero-order chi connectivity index (χ0) is 33.8. The molecule has 3 aromatic heterocycles. The van der Waals surface area contributed by atoms with Gasteiger partial charge in [-0.1, -0.05) is 20.4 Å². The summed E-state index contributed by atoms with van der Waals surface area (Å²) >= 11 is 0. The maximum atomic E-state index is 16.2. The van der Waals surface area contributed by atoms with Gasteiger partial charge in [-0.3, -0.25) is 9.78 Å². The fraction of sp³-hybridized carbons (Fsp3) is 0.364. The maximum Gasteiger partial charge on any atom is 0.355 e. The highest BCUT2D eigenvalue weighted by Gasteiger charge is 2.35. The van der Waals surface area contributed by atoms with Crippen molar-refractivity contribution in [3.63, 3.8) is 0 Å². The van der Waals surface area contributed by atoms with Crippen molar-refractivity contribution in [3.05, 3.63) is 82.3 Å². The van der Waals surface area contributed by atoms with Gasteiger partial charge in [-0.2, -0.15) is 4.98 Å². The molecule has 9 nitrogen and oxygen atoms in total. The minimum absolute atomic E-state index is 0.0468. The van der Waals surface area contributed by atoms with Crippen LogP contribution in [0.15, 0.2) is 47.9 Å². The standard InChI is InChI=1S/C33H31F5N6O3/c1-5-24(45)43-13-12-42(15-18(43)4)30-20-14-22(35)28-25-23(7-6-21(34)26(25)36)47-16-33(37,38)10-8-19-9-11-39-27(17(2)3)29(19)44(31(20)40-28)32(46)41-30/h5-7,9,11,14,17-18H,1,8,10,12-13,15-16H2,2-4H3/t18-/m1/s1. The van der Waals surface area contributed by atoms with Crippen LogP contribution in [0.2, 0.25) is 0 Å². The van der Waals surface area contributed by atoms with Crippen molar-refractivity contribution in [3.8, 4) is 22.7 Å². The van der Waals surface area contributed by atoms with E-state index in [1.54, 1.807) is 30.6 Å². The van der Waals surface area contributed by atoms with Crippen LogP contribution in [0.3, 0.4) is 0 Å². The van der Waals surface area contributed by atoms with Gasteiger partial charge in [-0.05, 0) is 55.2 Å². The maximum absolute atomic E-state index is 16.2. The molecular weight excluding hydrogens is 623 g/mol. The van der Waals surface area contributed by atoms with Crippen LogP contribution in [0.1, 0.15) is 44.4 Å². The number of anilines is 1. The number of carbonyl (C=O) groups is 1. The number of hydrogen-bond acceptors (Lipinski definition) is 7. The summed E-state index contributed by atoms with van der Waals surface area (Å²) in [6.45, 7) is 8.44. The number of pyridine rings is 2. The molecule has 0 spiro atoms. The number of benzene rings is 1. The third kappa shape index (κ3) is 5.69. The van der Waals surface area contributed by atoms with Crippen LogP contribution < -0.4 is 15.3 Å². The molecule has 0 radical (unpaired) electrons. The van der Waals surface area contributed by atoms with E-state index in [1.807, 2.05) is 0 Å². The second kappa shape index (κ2) is 12.0. The third-order valence-electron chi connectivity index (χ3n) is 8.49. The first-order chi connectivity index (χ1) is 22.3. The van der Waals surface area contributed by atoms with Gasteiger partial charge >= 0.3 is 5.69 Å². The molecule has 47 heavy (non-hydrogen) atoms. The predicted octanol–water partition coefficient (Wildman–Crippen LogP) is 5.57. The van der Waals surface area contributed by atoms with E-state index in [2.05, 4.69) is 21.5 Å². The summed E-state index contributed by atoms with van der Waals surface area (Å²) in [6.07, 6.45) is 1.71. The number of nitrogens with zero attached hydrogens (tertiary/aromatic N) is 6. The zero-order valence-electron chi connectivity index (χ0n) is 25.9. The van der Waals surface area contributed by atoms with Crippen molar-refractivity contribution in [2.75, 3.05) is 31.1 Å². The molecule has 0 N–H and O–H groups in total. The Bertz CT molecular complexity index is 1980. The van der Waals surface area contributed by atoms with E-state index in [4.69, 9.17) is 4.74 Å². The number of fused-ring (bicyclic) bond motifs is 5. The van der Waals surface area contributed by atoms with E-state index >= 15 is 17.6 Å². The summed E-state index contributed by atoms with van der Waals surface area (Å²) < 4.78 is 83.1. The average molecular weight is 655 g/mol. The quantitative estimate of drug-likeness (QED) is 0.211. The first-order valence-electron chi connectivity index (χ1n) is 15.1. The van der Waals surface area contributed by atoms with Gasteiger partial charge in [-0.15, -0.1) is 0 Å². The van der Waals surface area contributed by atoms with Crippen LogP contribution in [0.5, 0.6) is 5.75 Å². The summed E-state index contributed by atoms with van der Waals surface area (Å²) in [4.78, 5) is 43.1. The van der Waals surface area contributed by atoms with Gasteiger partial charge in [0.25, 0.3) is 5.92 Å². The molecule has 0 saturated carbocycles. The molecule has 2 aliphatic heterocycles. The highest BCUT2D eigenvalue weighted by atomic mass is 19.3. The van der Waals surface area contributed by atoms with Gasteiger partial charge in [0.1, 0.15) is 17.3 Å². The number of aryl methyl sites for hydroxylation is 1. The molecule has 0 unspecified atom stereocenters. The van der Waals surface area contributed by atoms with E-state index in [1.165, 1.54) is 18.3 Å². The van der Waals surface area contributed by atoms with Crippen LogP contribution in [0, 0.1) is 17.5 Å². The van der Waals surface area contributed by atoms with Crippen molar-refractivity contribution in [2.24, 2.45) is 0 Å². The number of aromatic nitrogens is 4. The number of rotatable bonds is 3. The van der Waals surface area contributed by atoms with Gasteiger partial charge in [0, 0.05) is 38.3 Å². The molecule has 1 atom stereocenters. The molecule has 2 aliphatic rings. The van der Waals surface area contributed by atoms with Crippen LogP contribution in [0.25, 0.3) is 28.0 Å². The molecule has 1 aromatic carbocycles. The van der Waals surface area contributed by atoms with Crippen molar-refractivity contribution in [2.45, 2.75) is 51.5 Å². The Hall–Kier alpha value is -4.88. The van der Waals surface area contributed by atoms with Gasteiger partial charge < -0.3 is 14.5 Å². The van der Waals surface area contributed by atoms with Gasteiger partial charge in [0.05, 0.1) is 22.3 Å². The molecule has 1 saturated heterocycles. The molecule has 246 valence electrons. The number of alkyl halides is 2. The second-order valence-corrected chi connectivity index (χ2v) is 12.0. The Morgan fingerprint density at radius 3 is 2.60 bits per heavy atom. The van der Waals surface area contributed by atoms with E-state index in [0.717, 1.165) is 16.7 Å². The molecule has 6 rings (SSSR count). The summed E-state index contributed by atoms with van der Waals surface area (Å²) in [5, 5.41) is 0.0468. The van der Waals surface area contributed by atoms with Gasteiger partial charge in [-0.25, -0.2) is 36.3 Å². The lowest BCUT2D eigenvalue weighted by atomic mass is 9.99. The molecule has 0 aliphatic carbocycles. The van der Waals surface area contributed by atoms with Crippen LogP contribution in [0.4, 0.5) is 27.8 Å². The van der Waals surface area contributed by atoms with Crippen molar-refractivity contribution in [1.82, 2.24) is 24.4 Å². The van der Waals surface area contributed by atoms with Crippen LogP contribution in [-0.2, 0) is 11.2 Å². The first kappa shape index (κ1) is 32.1. The molecule has 1 fully saturated rings. The molecule has 5 heterocycles. The summed E-state index contributed by atoms with van der Waals surface area (Å²) in [5.74, 6) is -8.60. The number of amides is 1. The number of carbonyl (C=O) groups excluding carboxylic acids is 1. The number of hydrogen-bond donors (Lipinski definition) is 0. The van der Waals surface area contributed by atoms with Crippen molar-refractivity contribution < 1.29 is 31.5 Å². The minimum atomic E-state index is -3.45. The van der Waals surface area contributed by atoms with E-state index in [0.29, 0.717) is 17.3 Å². The summed E-state index contributed by atoms with van der Waals surface area (Å²) in [5.41, 5.74) is -1.76. The van der Waals surface area contributed by atoms with Gasteiger partial charge in [0.15, 0.2) is 29.7 Å². The zero-order valence-corrected chi connectivity index (χ0v) is 25.9. The normalized spacial score (nSPS) is 17.8. The summed E-state index contributed by atoms with van der Waals surface area (Å²) in [6, 6.07) is 3.80. The second-order valence-electron chi connectivity index (χ2n) is 12.0. The largest absolute Gasteiger partial charge is 0.486 e. The third-order valence-corrected chi connectivity index (χ3v) is 8.49. The van der Waals surface area contributed by atoms with Gasteiger partial charge in [0.2, 0.25) is 5.91 Å². The minimum Gasteiger partial charge on any atom is -0.486 e. The topological polar surface area (TPSA) is 93.5 Å². The fourth-order valence-corrected chi connectivity index (χ4v) is 6.16. The number of ether oxygens (including phenoxy) is 1. The highest BCUT2D eigenvalue weighted by molar-refractivity contribution is 5.91. The van der Waals surface area contributed by atoms with Crippen molar-refractivity contribution in [1.29, 1.82) is 0 Å². The van der Waals surface area contributed by atoms with E-state index < -0.39 is 59.1 Å². The Morgan fingerprint density at radius 1 is 1.13 bits per heavy atom. The van der Waals surface area contributed by atoms with Crippen LogP contribution >= 0.6 is 0 Å². The molecule has 14 heteroatoms. The molecule has 1 amide bonds. The SMILES string of the molecule is C=CC(=O)N1CCN(c2nc(=O)n3c4nc(c(F)cc24)-c2c(ccc(F)c2F)OCC(F)(F)CCc2ccnc(C(C)C)c2-3)C[C@H]1C. The lowest BCUT2D eigenvalue weighted by molar-refractivity contribution is -0.128. The Labute approximate surface area is 266 Å². The Morgan fingerprint density at radius 2 is 1.89 bits per heavy atom. The first-order valence-corrected chi connectivity index (χ1v) is 15.1. The monoisotopic (exact) mass is 654 g/mol. The lowest BCUT2D eigenvalue weighted by Crippen LogP contribution is -2.54. The Balaban J connectivity index is 1.70. The lowest BCUT2D eigenvalue weighted by Gasteiger charge is -2.40. The van der Waals surface area contributed by atoms with Crippen molar-refractivity contribution >= 4 is 22.8 Å². The predicted molar refractivity (Wildman–Crippen MR) is 165 cm³/mol. The molecular formula is C33H31F5N6O3. The highest BCUT2D eigenvalue weighted by Crippen LogP contribution is 2.39. The number of piperazine rings is 1. The Kier molecular flexibility index (Phi) is 8.22. The average Bonchev–Trinajstić information content (AvgIpc) is 3.04. The van der Waals surface area contributed by atoms with Crippen LogP contribution in [-0.4, -0.2) is 68.5 Å². The number of halogens is 5. The van der Waals surface area contributed by atoms with E-state index in [9.17, 15) is 14.0 Å². The van der Waals surface area contributed by atoms with E-state index in [-0.39, 0.29) is 66.5 Å². The fourth-order valence-electron chi connectivity index (χ4n) is 6.16. The molecule has 4 aromatic rings. The molecule has 2 bridgehead atoms. The summed E-state index contributed by atoms with van der Waals surface area (Å²) in [7, 11) is 0.